The number of aromatic nitrogens is 2. The Hall–Kier alpha value is -1.61. The maximum atomic E-state index is 6.16. The van der Waals surface area contributed by atoms with E-state index < -0.39 is 0 Å². The summed E-state index contributed by atoms with van der Waals surface area (Å²) in [7, 11) is 0. The molecule has 0 radical (unpaired) electrons. The van der Waals surface area contributed by atoms with Gasteiger partial charge in [0.05, 0.1) is 0 Å². The molecule has 0 amide bonds. The highest BCUT2D eigenvalue weighted by atomic mass is 35.5. The van der Waals surface area contributed by atoms with Crippen LogP contribution >= 0.6 is 11.6 Å². The zero-order chi connectivity index (χ0) is 12.5. The van der Waals surface area contributed by atoms with Crippen LogP contribution in [-0.2, 0) is 12.8 Å². The molecule has 0 bridgehead atoms. The zero-order valence-corrected chi connectivity index (χ0v) is 10.9. The minimum absolute atomic E-state index is 0.361. The van der Waals surface area contributed by atoms with Crippen LogP contribution in [0.15, 0.2) is 30.6 Å². The van der Waals surface area contributed by atoms with Crippen LogP contribution in [0.5, 0.6) is 0 Å². The Bertz CT molecular complexity index is 569. The summed E-state index contributed by atoms with van der Waals surface area (Å²) in [5.74, 6) is 0.694. The summed E-state index contributed by atoms with van der Waals surface area (Å²) < 4.78 is 0. The number of hydrogen-bond acceptors (Lipinski definition) is 3. The number of nitrogens with one attached hydrogen (secondary N) is 1. The van der Waals surface area contributed by atoms with E-state index >= 15 is 0 Å². The van der Waals surface area contributed by atoms with Gasteiger partial charge in [-0.05, 0) is 48.6 Å². The van der Waals surface area contributed by atoms with Crippen molar-refractivity contribution in [3.8, 4) is 0 Å². The Morgan fingerprint density at radius 3 is 2.78 bits per heavy atom. The van der Waals surface area contributed by atoms with Gasteiger partial charge in [0, 0.05) is 23.5 Å². The van der Waals surface area contributed by atoms with Crippen LogP contribution in [-0.4, -0.2) is 16.0 Å². The molecule has 0 spiro atoms. The van der Waals surface area contributed by atoms with Crippen LogP contribution in [0.2, 0.25) is 5.02 Å². The summed E-state index contributed by atoms with van der Waals surface area (Å²) in [5.41, 5.74) is 3.95. The molecule has 0 saturated heterocycles. The van der Waals surface area contributed by atoms with Crippen molar-refractivity contribution in [2.75, 3.05) is 5.32 Å². The second-order valence-corrected chi connectivity index (χ2v) is 5.04. The highest BCUT2D eigenvalue weighted by molar-refractivity contribution is 6.31. The third-order valence-electron chi connectivity index (χ3n) is 3.45. The molecule has 2 aromatic rings. The van der Waals surface area contributed by atoms with E-state index in [1.54, 1.807) is 12.4 Å². The van der Waals surface area contributed by atoms with Crippen LogP contribution in [0.1, 0.15) is 16.7 Å². The summed E-state index contributed by atoms with van der Waals surface area (Å²) in [6.45, 7) is 2.09. The van der Waals surface area contributed by atoms with Gasteiger partial charge in [-0.1, -0.05) is 17.7 Å². The highest BCUT2D eigenvalue weighted by Gasteiger charge is 2.24. The molecule has 1 aliphatic carbocycles. The van der Waals surface area contributed by atoms with Crippen LogP contribution < -0.4 is 5.32 Å². The average Bonchev–Trinajstić information content (AvgIpc) is 2.79. The lowest BCUT2D eigenvalue weighted by Crippen LogP contribution is -2.20. The predicted molar refractivity (Wildman–Crippen MR) is 73.0 cm³/mol. The molecule has 1 heterocycles. The highest BCUT2D eigenvalue weighted by Crippen LogP contribution is 2.30. The standard InChI is InChI=1S/C14H14ClN3/c1-9-12-8-11(7-10(12)3-4-13(9)15)18-14-16-5-2-6-17-14/h2-6,11H,7-8H2,1H3,(H,16,17,18). The fraction of sp³-hybridized carbons (Fsp3) is 0.286. The Labute approximate surface area is 111 Å². The monoisotopic (exact) mass is 259 g/mol. The lowest BCUT2D eigenvalue weighted by molar-refractivity contribution is 0.760. The van der Waals surface area contributed by atoms with Gasteiger partial charge in [-0.3, -0.25) is 0 Å². The van der Waals surface area contributed by atoms with Crippen molar-refractivity contribution in [2.45, 2.75) is 25.8 Å². The molecule has 4 heteroatoms. The van der Waals surface area contributed by atoms with Crippen molar-refractivity contribution >= 4 is 17.5 Å². The Morgan fingerprint density at radius 1 is 1.22 bits per heavy atom. The fourth-order valence-electron chi connectivity index (χ4n) is 2.50. The minimum atomic E-state index is 0.361. The average molecular weight is 260 g/mol. The molecule has 18 heavy (non-hydrogen) atoms. The summed E-state index contributed by atoms with van der Waals surface area (Å²) in [6, 6.07) is 6.29. The first-order valence-corrected chi connectivity index (χ1v) is 6.42. The molecule has 0 saturated carbocycles. The minimum Gasteiger partial charge on any atom is -0.351 e. The molecule has 0 fully saturated rings. The third kappa shape index (κ3) is 2.06. The first-order chi connectivity index (χ1) is 8.74. The van der Waals surface area contributed by atoms with Crippen LogP contribution in [0.25, 0.3) is 0 Å². The Kier molecular flexibility index (Phi) is 2.92. The maximum absolute atomic E-state index is 6.16. The molecule has 1 aliphatic rings. The lowest BCUT2D eigenvalue weighted by Gasteiger charge is -2.11. The van der Waals surface area contributed by atoms with Crippen LogP contribution in [0, 0.1) is 6.92 Å². The number of anilines is 1. The number of rotatable bonds is 2. The van der Waals surface area contributed by atoms with E-state index in [0.29, 0.717) is 12.0 Å². The summed E-state index contributed by atoms with van der Waals surface area (Å²) in [4.78, 5) is 8.39. The molecular formula is C14H14ClN3. The predicted octanol–water partition coefficient (Wildman–Crippen LogP) is 3.02. The van der Waals surface area contributed by atoms with Gasteiger partial charge < -0.3 is 5.32 Å². The number of benzene rings is 1. The molecule has 1 atom stereocenters. The second-order valence-electron chi connectivity index (χ2n) is 4.63. The molecular weight excluding hydrogens is 246 g/mol. The zero-order valence-electron chi connectivity index (χ0n) is 10.2. The van der Waals surface area contributed by atoms with Crippen molar-refractivity contribution < 1.29 is 0 Å². The normalized spacial score (nSPS) is 17.6. The molecule has 1 unspecified atom stereocenters. The van der Waals surface area contributed by atoms with E-state index in [2.05, 4.69) is 28.3 Å². The van der Waals surface area contributed by atoms with Crippen molar-refractivity contribution in [3.05, 3.63) is 52.3 Å². The quantitative estimate of drug-likeness (QED) is 0.901. The van der Waals surface area contributed by atoms with Crippen molar-refractivity contribution in [2.24, 2.45) is 0 Å². The Balaban J connectivity index is 1.79. The van der Waals surface area contributed by atoms with Gasteiger partial charge >= 0.3 is 0 Å². The van der Waals surface area contributed by atoms with Gasteiger partial charge in [-0.15, -0.1) is 0 Å². The van der Waals surface area contributed by atoms with Gasteiger partial charge in [0.25, 0.3) is 0 Å². The third-order valence-corrected chi connectivity index (χ3v) is 3.85. The van der Waals surface area contributed by atoms with E-state index in [1.807, 2.05) is 12.1 Å². The molecule has 3 nitrogen and oxygen atoms in total. The first kappa shape index (κ1) is 11.5. The van der Waals surface area contributed by atoms with Crippen molar-refractivity contribution in [3.63, 3.8) is 0 Å². The molecule has 92 valence electrons. The summed E-state index contributed by atoms with van der Waals surface area (Å²) in [5, 5.41) is 4.22. The van der Waals surface area contributed by atoms with E-state index in [-0.39, 0.29) is 0 Å². The van der Waals surface area contributed by atoms with Gasteiger partial charge in [-0.25, -0.2) is 9.97 Å². The number of halogens is 1. The fourth-order valence-corrected chi connectivity index (χ4v) is 2.68. The van der Waals surface area contributed by atoms with E-state index in [1.165, 1.54) is 16.7 Å². The molecule has 1 aromatic heterocycles. The van der Waals surface area contributed by atoms with Gasteiger partial charge in [0.15, 0.2) is 0 Å². The topological polar surface area (TPSA) is 37.8 Å². The number of hydrogen-bond donors (Lipinski definition) is 1. The summed E-state index contributed by atoms with van der Waals surface area (Å²) >= 11 is 6.16. The van der Waals surface area contributed by atoms with Crippen molar-refractivity contribution in [1.29, 1.82) is 0 Å². The lowest BCUT2D eigenvalue weighted by atomic mass is 10.1. The molecule has 3 rings (SSSR count). The smallest absolute Gasteiger partial charge is 0.222 e. The van der Waals surface area contributed by atoms with E-state index in [9.17, 15) is 0 Å². The largest absolute Gasteiger partial charge is 0.351 e. The van der Waals surface area contributed by atoms with Crippen LogP contribution in [0.4, 0.5) is 5.95 Å². The number of fused-ring (bicyclic) bond motifs is 1. The Morgan fingerprint density at radius 2 is 2.00 bits per heavy atom. The van der Waals surface area contributed by atoms with E-state index in [0.717, 1.165) is 17.9 Å². The van der Waals surface area contributed by atoms with Gasteiger partial charge in [0.2, 0.25) is 5.95 Å². The molecule has 1 N–H and O–H groups in total. The van der Waals surface area contributed by atoms with Gasteiger partial charge in [-0.2, -0.15) is 0 Å². The number of nitrogens with zero attached hydrogens (tertiary/aromatic N) is 2. The van der Waals surface area contributed by atoms with Gasteiger partial charge in [0.1, 0.15) is 0 Å². The van der Waals surface area contributed by atoms with E-state index in [4.69, 9.17) is 11.6 Å². The SMILES string of the molecule is Cc1c(Cl)ccc2c1CC(Nc1ncccn1)C2. The van der Waals surface area contributed by atoms with Crippen LogP contribution in [0.3, 0.4) is 0 Å². The second kappa shape index (κ2) is 4.58. The molecule has 1 aromatic carbocycles. The van der Waals surface area contributed by atoms with Crippen molar-refractivity contribution in [1.82, 2.24) is 9.97 Å². The first-order valence-electron chi connectivity index (χ1n) is 6.04. The molecule has 0 aliphatic heterocycles. The summed E-state index contributed by atoms with van der Waals surface area (Å²) in [6.07, 6.45) is 5.49. The maximum Gasteiger partial charge on any atom is 0.222 e.